The maximum atomic E-state index is 12.0. The third-order valence-corrected chi connectivity index (χ3v) is 4.30. The Bertz CT molecular complexity index is 854. The van der Waals surface area contributed by atoms with Crippen LogP contribution in [-0.2, 0) is 11.8 Å². The summed E-state index contributed by atoms with van der Waals surface area (Å²) >= 11 is 1.45. The van der Waals surface area contributed by atoms with Crippen molar-refractivity contribution in [2.24, 2.45) is 7.05 Å². The lowest BCUT2D eigenvalue weighted by Gasteiger charge is -2.02. The first-order valence-corrected chi connectivity index (χ1v) is 8.33. The number of aromatic nitrogens is 4. The van der Waals surface area contributed by atoms with Crippen molar-refractivity contribution in [2.75, 3.05) is 11.1 Å². The summed E-state index contributed by atoms with van der Waals surface area (Å²) in [5.41, 5.74) is 2.74. The smallest absolute Gasteiger partial charge is 0.322 e. The van der Waals surface area contributed by atoms with Crippen molar-refractivity contribution in [3.05, 3.63) is 41.6 Å². The summed E-state index contributed by atoms with van der Waals surface area (Å²) in [6.07, 6.45) is 0. The molecular formula is C16H17N5O2S. The summed E-state index contributed by atoms with van der Waals surface area (Å²) in [4.78, 5) is 13.0. The Labute approximate surface area is 143 Å². The van der Waals surface area contributed by atoms with E-state index in [0.717, 1.165) is 10.6 Å². The zero-order chi connectivity index (χ0) is 17.1. The molecule has 124 valence electrons. The predicted molar refractivity (Wildman–Crippen MR) is 91.8 cm³/mol. The van der Waals surface area contributed by atoms with Gasteiger partial charge in [-0.1, -0.05) is 22.8 Å². The highest BCUT2D eigenvalue weighted by Gasteiger charge is 2.15. The highest BCUT2D eigenvalue weighted by molar-refractivity contribution is 8.00. The van der Waals surface area contributed by atoms with Crippen LogP contribution in [0.1, 0.15) is 11.3 Å². The van der Waals surface area contributed by atoms with Crippen LogP contribution in [0.15, 0.2) is 39.6 Å². The number of hydrogen-bond donors (Lipinski definition) is 1. The van der Waals surface area contributed by atoms with Gasteiger partial charge in [-0.2, -0.15) is 5.10 Å². The minimum atomic E-state index is -0.197. The lowest BCUT2D eigenvalue weighted by molar-refractivity contribution is -0.113. The monoisotopic (exact) mass is 343 g/mol. The second kappa shape index (κ2) is 6.88. The van der Waals surface area contributed by atoms with Crippen LogP contribution in [0.4, 0.5) is 6.01 Å². The lowest BCUT2D eigenvalue weighted by Crippen LogP contribution is -2.14. The first-order valence-electron chi connectivity index (χ1n) is 7.35. The van der Waals surface area contributed by atoms with Crippen LogP contribution in [0.5, 0.6) is 0 Å². The van der Waals surface area contributed by atoms with E-state index in [1.54, 1.807) is 11.7 Å². The Hall–Kier alpha value is -2.61. The fraction of sp³-hybridized carbons (Fsp3) is 0.250. The van der Waals surface area contributed by atoms with Gasteiger partial charge in [0.1, 0.15) is 5.69 Å². The van der Waals surface area contributed by atoms with Crippen LogP contribution < -0.4 is 5.32 Å². The fourth-order valence-corrected chi connectivity index (χ4v) is 2.83. The molecule has 1 aromatic carbocycles. The number of nitrogens with one attached hydrogen (secondary N) is 1. The molecule has 0 bridgehead atoms. The summed E-state index contributed by atoms with van der Waals surface area (Å²) in [5.74, 6) is 0.391. The van der Waals surface area contributed by atoms with E-state index in [2.05, 4.69) is 20.6 Å². The van der Waals surface area contributed by atoms with E-state index in [-0.39, 0.29) is 17.7 Å². The van der Waals surface area contributed by atoms with Gasteiger partial charge in [0.15, 0.2) is 0 Å². The molecule has 2 heterocycles. The van der Waals surface area contributed by atoms with Crippen molar-refractivity contribution in [1.82, 2.24) is 20.0 Å². The van der Waals surface area contributed by atoms with E-state index in [1.165, 1.54) is 17.3 Å². The first kappa shape index (κ1) is 16.3. The quantitative estimate of drug-likeness (QED) is 0.717. The average molecular weight is 343 g/mol. The number of hydrogen-bond acceptors (Lipinski definition) is 6. The Balaban J connectivity index is 1.59. The van der Waals surface area contributed by atoms with Gasteiger partial charge in [-0.3, -0.25) is 14.8 Å². The van der Waals surface area contributed by atoms with Crippen molar-refractivity contribution in [2.45, 2.75) is 18.7 Å². The number of aryl methyl sites for hydroxylation is 3. The molecule has 1 N–H and O–H groups in total. The van der Waals surface area contributed by atoms with Crippen LogP contribution >= 0.6 is 11.8 Å². The van der Waals surface area contributed by atoms with Crippen molar-refractivity contribution in [3.8, 4) is 11.6 Å². The second-order valence-corrected chi connectivity index (χ2v) is 6.41. The van der Waals surface area contributed by atoms with Gasteiger partial charge < -0.3 is 4.42 Å². The van der Waals surface area contributed by atoms with Gasteiger partial charge in [0.25, 0.3) is 5.89 Å². The lowest BCUT2D eigenvalue weighted by atomic mass is 10.2. The topological polar surface area (TPSA) is 85.8 Å². The van der Waals surface area contributed by atoms with E-state index in [1.807, 2.05) is 44.2 Å². The second-order valence-electron chi connectivity index (χ2n) is 5.36. The Morgan fingerprint density at radius 3 is 2.67 bits per heavy atom. The molecule has 0 spiro atoms. The maximum Gasteiger partial charge on any atom is 0.322 e. The highest BCUT2D eigenvalue weighted by Crippen LogP contribution is 2.21. The molecule has 0 aliphatic rings. The summed E-state index contributed by atoms with van der Waals surface area (Å²) in [5, 5.41) is 14.6. The van der Waals surface area contributed by atoms with Gasteiger partial charge in [-0.15, -0.1) is 16.9 Å². The van der Waals surface area contributed by atoms with Crippen LogP contribution in [0, 0.1) is 13.8 Å². The number of amides is 1. The van der Waals surface area contributed by atoms with E-state index in [4.69, 9.17) is 4.42 Å². The highest BCUT2D eigenvalue weighted by atomic mass is 32.2. The molecular weight excluding hydrogens is 326 g/mol. The van der Waals surface area contributed by atoms with Crippen LogP contribution in [-0.4, -0.2) is 31.6 Å². The van der Waals surface area contributed by atoms with Crippen molar-refractivity contribution >= 4 is 23.7 Å². The molecule has 24 heavy (non-hydrogen) atoms. The number of anilines is 1. The summed E-state index contributed by atoms with van der Waals surface area (Å²) in [6.45, 7) is 3.91. The number of thioether (sulfide) groups is 1. The molecule has 0 atom stereocenters. The van der Waals surface area contributed by atoms with Crippen LogP contribution in [0.2, 0.25) is 0 Å². The standard InChI is InChI=1S/C16H17N5O2S/c1-10-4-6-12(7-5-10)24-9-14(22)17-16-19-18-15(23-16)13-8-11(2)20-21(13)3/h4-8H,9H2,1-3H3,(H,17,19,22). The molecule has 1 amide bonds. The molecule has 7 nitrogen and oxygen atoms in total. The van der Waals surface area contributed by atoms with E-state index in [9.17, 15) is 4.79 Å². The van der Waals surface area contributed by atoms with Crippen molar-refractivity contribution in [3.63, 3.8) is 0 Å². The van der Waals surface area contributed by atoms with Gasteiger partial charge in [-0.25, -0.2) is 0 Å². The molecule has 3 aromatic rings. The predicted octanol–water partition coefficient (Wildman–Crippen LogP) is 2.82. The van der Waals surface area contributed by atoms with E-state index < -0.39 is 0 Å². The summed E-state index contributed by atoms with van der Waals surface area (Å²) < 4.78 is 7.13. The molecule has 8 heteroatoms. The van der Waals surface area contributed by atoms with Crippen LogP contribution in [0.25, 0.3) is 11.6 Å². The minimum absolute atomic E-state index is 0.0818. The third kappa shape index (κ3) is 3.83. The SMILES string of the molecule is Cc1ccc(SCC(=O)Nc2nnc(-c3cc(C)nn3C)o2)cc1. The maximum absolute atomic E-state index is 12.0. The van der Waals surface area contributed by atoms with Gasteiger partial charge >= 0.3 is 6.01 Å². The summed E-state index contributed by atoms with van der Waals surface area (Å²) in [6, 6.07) is 9.93. The number of rotatable bonds is 5. The molecule has 0 aliphatic carbocycles. The van der Waals surface area contributed by atoms with E-state index >= 15 is 0 Å². The number of nitrogens with zero attached hydrogens (tertiary/aromatic N) is 4. The van der Waals surface area contributed by atoms with Crippen molar-refractivity contribution in [1.29, 1.82) is 0 Å². The molecule has 0 fully saturated rings. The normalized spacial score (nSPS) is 10.8. The largest absolute Gasteiger partial charge is 0.401 e. The minimum Gasteiger partial charge on any atom is -0.401 e. The number of carbonyl (C=O) groups excluding carboxylic acids is 1. The number of carbonyl (C=O) groups is 1. The Kier molecular flexibility index (Phi) is 4.66. The molecule has 0 aliphatic heterocycles. The fourth-order valence-electron chi connectivity index (χ4n) is 2.13. The van der Waals surface area contributed by atoms with Crippen molar-refractivity contribution < 1.29 is 9.21 Å². The van der Waals surface area contributed by atoms with Gasteiger partial charge in [0.2, 0.25) is 5.91 Å². The van der Waals surface area contributed by atoms with Crippen LogP contribution in [0.3, 0.4) is 0 Å². The summed E-state index contributed by atoms with van der Waals surface area (Å²) in [7, 11) is 1.79. The Morgan fingerprint density at radius 2 is 2.00 bits per heavy atom. The molecule has 0 radical (unpaired) electrons. The molecule has 0 unspecified atom stereocenters. The molecule has 0 saturated heterocycles. The zero-order valence-electron chi connectivity index (χ0n) is 13.6. The van der Waals surface area contributed by atoms with Gasteiger partial charge in [-0.05, 0) is 32.0 Å². The van der Waals surface area contributed by atoms with E-state index in [0.29, 0.717) is 11.6 Å². The third-order valence-electron chi connectivity index (χ3n) is 3.28. The molecule has 3 rings (SSSR count). The van der Waals surface area contributed by atoms with Gasteiger partial charge in [0, 0.05) is 11.9 Å². The number of benzene rings is 1. The molecule has 2 aromatic heterocycles. The molecule has 0 saturated carbocycles. The Morgan fingerprint density at radius 1 is 1.25 bits per heavy atom. The zero-order valence-corrected chi connectivity index (χ0v) is 14.4. The van der Waals surface area contributed by atoms with Gasteiger partial charge in [0.05, 0.1) is 11.4 Å². The average Bonchev–Trinajstić information content (AvgIpc) is 3.12. The first-order chi connectivity index (χ1) is 11.5.